The first-order chi connectivity index (χ1) is 15.9. The van der Waals surface area contributed by atoms with Crippen LogP contribution in [0.15, 0.2) is 23.1 Å². The second kappa shape index (κ2) is 7.31. The Hall–Kier alpha value is -2.88. The number of aromatic amines is 1. The molecular weight excluding hydrogens is 442 g/mol. The Kier molecular flexibility index (Phi) is 4.59. The maximum absolute atomic E-state index is 13.6. The Morgan fingerprint density at radius 2 is 2.09 bits per heavy atom. The van der Waals surface area contributed by atoms with Crippen molar-refractivity contribution in [3.8, 4) is 11.1 Å². The van der Waals surface area contributed by atoms with Crippen LogP contribution in [-0.4, -0.2) is 47.5 Å². The van der Waals surface area contributed by atoms with Crippen molar-refractivity contribution in [3.05, 3.63) is 39.4 Å². The Morgan fingerprint density at radius 3 is 2.76 bits per heavy atom. The molecule has 6 rings (SSSR count). The lowest BCUT2D eigenvalue weighted by atomic mass is 9.97. The number of rotatable bonds is 4. The summed E-state index contributed by atoms with van der Waals surface area (Å²) in [5.74, 6) is 0.662. The molecule has 0 radical (unpaired) electrons. The fourth-order valence-corrected chi connectivity index (χ4v) is 6.18. The van der Waals surface area contributed by atoms with Gasteiger partial charge in [0.1, 0.15) is 5.65 Å². The Bertz CT molecular complexity index is 1470. The molecule has 2 aliphatic heterocycles. The van der Waals surface area contributed by atoms with Gasteiger partial charge in [0.2, 0.25) is 5.95 Å². The molecule has 2 bridgehead atoms. The van der Waals surface area contributed by atoms with Gasteiger partial charge in [-0.1, -0.05) is 17.7 Å². The Balaban J connectivity index is 1.54. The number of hydrogen-bond acceptors (Lipinski definition) is 6. The minimum absolute atomic E-state index is 0.117. The standard InChI is InChI=1S/C23H26ClN7O2/c1-3-30-17(10-32)19-15(28-30)6-5-12(20(19)24)13-9-26-21-18(13)22(33)29(2)23(27-21)31-11-4-7-16(31)14(25)8-11/h5-6,9,11,14,16,26,32H,3-4,7-8,10,25H2,1-2H3/t11-,14+,16+/m0/s1. The Labute approximate surface area is 194 Å². The highest BCUT2D eigenvalue weighted by atomic mass is 35.5. The summed E-state index contributed by atoms with van der Waals surface area (Å²) >= 11 is 6.85. The predicted octanol–water partition coefficient (Wildman–Crippen LogP) is 2.51. The molecule has 172 valence electrons. The lowest BCUT2D eigenvalue weighted by Crippen LogP contribution is -2.40. The van der Waals surface area contributed by atoms with Gasteiger partial charge in [-0.3, -0.25) is 14.0 Å². The van der Waals surface area contributed by atoms with Crippen LogP contribution in [0.5, 0.6) is 0 Å². The van der Waals surface area contributed by atoms with E-state index < -0.39 is 0 Å². The second-order valence-corrected chi connectivity index (χ2v) is 9.43. The van der Waals surface area contributed by atoms with Gasteiger partial charge in [-0.15, -0.1) is 0 Å². The van der Waals surface area contributed by atoms with Crippen LogP contribution in [0.4, 0.5) is 5.95 Å². The van der Waals surface area contributed by atoms with Gasteiger partial charge in [0.15, 0.2) is 0 Å². The number of H-pyrrole nitrogens is 1. The third-order valence-electron chi connectivity index (χ3n) is 7.39. The van der Waals surface area contributed by atoms with Gasteiger partial charge in [-0.2, -0.15) is 10.1 Å². The van der Waals surface area contributed by atoms with Crippen molar-refractivity contribution in [1.29, 1.82) is 0 Å². The highest BCUT2D eigenvalue weighted by Gasteiger charge is 2.46. The molecule has 0 spiro atoms. The first kappa shape index (κ1) is 20.7. The zero-order valence-electron chi connectivity index (χ0n) is 18.5. The molecule has 3 atom stereocenters. The smallest absolute Gasteiger partial charge is 0.264 e. The van der Waals surface area contributed by atoms with E-state index in [1.54, 1.807) is 22.5 Å². The molecule has 4 aromatic rings. The number of nitrogens with zero attached hydrogens (tertiary/aromatic N) is 5. The number of benzene rings is 1. The minimum Gasteiger partial charge on any atom is -0.390 e. The zero-order chi connectivity index (χ0) is 23.0. The van der Waals surface area contributed by atoms with E-state index in [1.165, 1.54) is 0 Å². The first-order valence-corrected chi connectivity index (χ1v) is 11.7. The van der Waals surface area contributed by atoms with Crippen molar-refractivity contribution in [2.24, 2.45) is 12.8 Å². The minimum atomic E-state index is -0.172. The molecule has 3 aromatic heterocycles. The molecular formula is C23H26ClN7O2. The van der Waals surface area contributed by atoms with Gasteiger partial charge in [0.25, 0.3) is 5.56 Å². The molecule has 10 heteroatoms. The number of halogens is 1. The molecule has 2 aliphatic rings. The summed E-state index contributed by atoms with van der Waals surface area (Å²) < 4.78 is 3.38. The molecule has 0 unspecified atom stereocenters. The number of anilines is 1. The summed E-state index contributed by atoms with van der Waals surface area (Å²) in [6.45, 7) is 2.42. The maximum Gasteiger partial charge on any atom is 0.264 e. The van der Waals surface area contributed by atoms with Crippen LogP contribution in [0.1, 0.15) is 31.9 Å². The summed E-state index contributed by atoms with van der Waals surface area (Å²) in [7, 11) is 1.77. The number of fused-ring (bicyclic) bond motifs is 4. The van der Waals surface area contributed by atoms with Crippen molar-refractivity contribution in [2.45, 2.75) is 57.5 Å². The van der Waals surface area contributed by atoms with Gasteiger partial charge in [-0.25, -0.2) is 0 Å². The number of nitrogens with two attached hydrogens (primary N) is 1. The van der Waals surface area contributed by atoms with E-state index in [4.69, 9.17) is 22.3 Å². The molecule has 1 aromatic carbocycles. The molecule has 0 amide bonds. The van der Waals surface area contributed by atoms with Crippen LogP contribution >= 0.6 is 11.6 Å². The van der Waals surface area contributed by atoms with Gasteiger partial charge in [-0.05, 0) is 32.3 Å². The lowest BCUT2D eigenvalue weighted by Gasteiger charge is -2.25. The average molecular weight is 468 g/mol. The molecule has 2 saturated heterocycles. The van der Waals surface area contributed by atoms with Gasteiger partial charge < -0.3 is 20.7 Å². The third kappa shape index (κ3) is 2.76. The molecule has 0 aliphatic carbocycles. The summed E-state index contributed by atoms with van der Waals surface area (Å²) in [5, 5.41) is 16.1. The largest absolute Gasteiger partial charge is 0.390 e. The van der Waals surface area contributed by atoms with Crippen LogP contribution in [0.2, 0.25) is 5.02 Å². The van der Waals surface area contributed by atoms with Crippen LogP contribution in [-0.2, 0) is 20.2 Å². The number of aromatic nitrogens is 5. The molecule has 5 heterocycles. The highest BCUT2D eigenvalue weighted by Crippen LogP contribution is 2.41. The fourth-order valence-electron chi connectivity index (χ4n) is 5.81. The third-order valence-corrected chi connectivity index (χ3v) is 7.79. The van der Waals surface area contributed by atoms with E-state index >= 15 is 0 Å². The SMILES string of the molecule is CCn1nc2ccc(-c3c[nH]c4nc(N5[C@H]6CC[C@@H]5[C@H](N)C6)n(C)c(=O)c34)c(Cl)c2c1CO. The topological polar surface area (TPSA) is 118 Å². The van der Waals surface area contributed by atoms with Crippen molar-refractivity contribution in [1.82, 2.24) is 24.3 Å². The fraction of sp³-hybridized carbons (Fsp3) is 0.435. The van der Waals surface area contributed by atoms with E-state index in [2.05, 4.69) is 15.0 Å². The molecule has 33 heavy (non-hydrogen) atoms. The van der Waals surface area contributed by atoms with Gasteiger partial charge >= 0.3 is 0 Å². The predicted molar refractivity (Wildman–Crippen MR) is 129 cm³/mol. The van der Waals surface area contributed by atoms with Crippen molar-refractivity contribution >= 4 is 39.5 Å². The monoisotopic (exact) mass is 467 g/mol. The zero-order valence-corrected chi connectivity index (χ0v) is 19.3. The van der Waals surface area contributed by atoms with E-state index in [1.807, 2.05) is 19.1 Å². The molecule has 2 fully saturated rings. The van der Waals surface area contributed by atoms with Gasteiger partial charge in [0.05, 0.1) is 28.2 Å². The van der Waals surface area contributed by atoms with Crippen molar-refractivity contribution in [3.63, 3.8) is 0 Å². The maximum atomic E-state index is 13.6. The van der Waals surface area contributed by atoms with Gasteiger partial charge in [0, 0.05) is 54.4 Å². The quantitative estimate of drug-likeness (QED) is 0.424. The van der Waals surface area contributed by atoms with E-state index in [0.29, 0.717) is 62.3 Å². The van der Waals surface area contributed by atoms with Crippen molar-refractivity contribution < 1.29 is 5.11 Å². The van der Waals surface area contributed by atoms with Crippen LogP contribution in [0, 0.1) is 0 Å². The van der Waals surface area contributed by atoms with Crippen molar-refractivity contribution in [2.75, 3.05) is 4.90 Å². The Morgan fingerprint density at radius 1 is 1.27 bits per heavy atom. The van der Waals surface area contributed by atoms with Crippen LogP contribution in [0.25, 0.3) is 33.1 Å². The average Bonchev–Trinajstić information content (AvgIpc) is 3.56. The van der Waals surface area contributed by atoms with E-state index in [0.717, 1.165) is 19.3 Å². The molecule has 0 saturated carbocycles. The first-order valence-electron chi connectivity index (χ1n) is 11.4. The van der Waals surface area contributed by atoms with Crippen LogP contribution in [0.3, 0.4) is 0 Å². The molecule has 4 N–H and O–H groups in total. The summed E-state index contributed by atoms with van der Waals surface area (Å²) in [5.41, 5.74) is 9.49. The molecule has 9 nitrogen and oxygen atoms in total. The number of hydrogen-bond donors (Lipinski definition) is 3. The number of aliphatic hydroxyl groups excluding tert-OH is 1. The lowest BCUT2D eigenvalue weighted by molar-refractivity contribution is 0.270. The second-order valence-electron chi connectivity index (χ2n) is 9.05. The normalized spacial score (nSPS) is 22.3. The number of aryl methyl sites for hydroxylation is 1. The number of nitrogens with one attached hydrogen (secondary N) is 1. The summed E-state index contributed by atoms with van der Waals surface area (Å²) in [6, 6.07) is 4.42. The number of aliphatic hydroxyl groups is 1. The highest BCUT2D eigenvalue weighted by molar-refractivity contribution is 6.38. The van der Waals surface area contributed by atoms with E-state index in [9.17, 15) is 9.90 Å². The summed E-state index contributed by atoms with van der Waals surface area (Å²) in [4.78, 5) is 23.9. The summed E-state index contributed by atoms with van der Waals surface area (Å²) in [6.07, 6.45) is 4.83. The van der Waals surface area contributed by atoms with Crippen LogP contribution < -0.4 is 16.2 Å². The van der Waals surface area contributed by atoms with E-state index in [-0.39, 0.29) is 24.2 Å².